The van der Waals surface area contributed by atoms with Gasteiger partial charge in [0.05, 0.1) is 19.7 Å². The summed E-state index contributed by atoms with van der Waals surface area (Å²) < 4.78 is 10.6. The first-order valence-electron chi connectivity index (χ1n) is 9.21. The average Bonchev–Trinajstić information content (AvgIpc) is 2.71. The summed E-state index contributed by atoms with van der Waals surface area (Å²) >= 11 is 0. The Bertz CT molecular complexity index is 1060. The molecule has 0 fully saturated rings. The molecular weight excluding hydrogens is 356 g/mol. The number of fused-ring (bicyclic) bond motifs is 1. The first kappa shape index (κ1) is 19.5. The number of amides is 1. The smallest absolute Gasteiger partial charge is 0.251 e. The lowest BCUT2D eigenvalue weighted by Crippen LogP contribution is -2.17. The first-order chi connectivity index (χ1) is 13.5. The van der Waals surface area contributed by atoms with Gasteiger partial charge in [-0.1, -0.05) is 25.1 Å². The summed E-state index contributed by atoms with van der Waals surface area (Å²) in [5.74, 6) is 1.02. The highest BCUT2D eigenvalue weighted by Gasteiger charge is 2.11. The van der Waals surface area contributed by atoms with Crippen molar-refractivity contribution >= 4 is 22.5 Å². The SMILES string of the molecule is CCc1ccccc1NC(=O)CCc1cc2cc(OC)c(OC)cc2[nH]c1=O. The number of ether oxygens (including phenoxy) is 2. The molecule has 3 aromatic rings. The summed E-state index contributed by atoms with van der Waals surface area (Å²) in [6.45, 7) is 2.04. The van der Waals surface area contributed by atoms with E-state index in [1.165, 1.54) is 0 Å². The summed E-state index contributed by atoms with van der Waals surface area (Å²) in [5, 5.41) is 3.76. The van der Waals surface area contributed by atoms with Gasteiger partial charge in [-0.3, -0.25) is 9.59 Å². The van der Waals surface area contributed by atoms with E-state index in [4.69, 9.17) is 9.47 Å². The number of aryl methyl sites for hydroxylation is 2. The lowest BCUT2D eigenvalue weighted by atomic mass is 10.1. The molecule has 3 rings (SSSR count). The molecule has 0 aliphatic heterocycles. The van der Waals surface area contributed by atoms with Crippen molar-refractivity contribution in [3.8, 4) is 11.5 Å². The zero-order chi connectivity index (χ0) is 20.1. The van der Waals surface area contributed by atoms with Gasteiger partial charge in [0.25, 0.3) is 5.56 Å². The molecule has 0 unspecified atom stereocenters. The number of H-pyrrole nitrogens is 1. The highest BCUT2D eigenvalue weighted by atomic mass is 16.5. The lowest BCUT2D eigenvalue weighted by Gasteiger charge is -2.11. The number of rotatable bonds is 7. The van der Waals surface area contributed by atoms with Crippen LogP contribution in [0, 0.1) is 0 Å². The fourth-order valence-corrected chi connectivity index (χ4v) is 3.18. The topological polar surface area (TPSA) is 80.4 Å². The maximum Gasteiger partial charge on any atom is 0.251 e. The molecule has 2 N–H and O–H groups in total. The van der Waals surface area contributed by atoms with Crippen LogP contribution >= 0.6 is 0 Å². The van der Waals surface area contributed by atoms with E-state index < -0.39 is 0 Å². The number of carbonyl (C=O) groups is 1. The Kier molecular flexibility index (Phi) is 5.99. The highest BCUT2D eigenvalue weighted by Crippen LogP contribution is 2.31. The highest BCUT2D eigenvalue weighted by molar-refractivity contribution is 5.91. The Morgan fingerprint density at radius 2 is 1.75 bits per heavy atom. The molecule has 2 aromatic carbocycles. The van der Waals surface area contributed by atoms with E-state index >= 15 is 0 Å². The van der Waals surface area contributed by atoms with E-state index in [9.17, 15) is 9.59 Å². The molecule has 1 heterocycles. The molecule has 0 saturated carbocycles. The van der Waals surface area contributed by atoms with E-state index in [1.807, 2.05) is 37.3 Å². The summed E-state index contributed by atoms with van der Waals surface area (Å²) in [6, 6.07) is 13.1. The predicted molar refractivity (Wildman–Crippen MR) is 110 cm³/mol. The number of pyridine rings is 1. The lowest BCUT2D eigenvalue weighted by molar-refractivity contribution is -0.116. The molecule has 6 heteroatoms. The van der Waals surface area contributed by atoms with E-state index in [1.54, 1.807) is 26.4 Å². The molecule has 0 aliphatic rings. The maximum atomic E-state index is 12.4. The van der Waals surface area contributed by atoms with Crippen molar-refractivity contribution in [1.29, 1.82) is 0 Å². The molecule has 0 atom stereocenters. The zero-order valence-corrected chi connectivity index (χ0v) is 16.3. The second kappa shape index (κ2) is 8.61. The van der Waals surface area contributed by atoms with Crippen LogP contribution in [0.25, 0.3) is 10.9 Å². The van der Waals surface area contributed by atoms with Gasteiger partial charge in [-0.15, -0.1) is 0 Å². The van der Waals surface area contributed by atoms with Gasteiger partial charge < -0.3 is 19.8 Å². The molecule has 1 amide bonds. The molecule has 146 valence electrons. The van der Waals surface area contributed by atoms with Crippen LogP contribution in [-0.2, 0) is 17.6 Å². The minimum Gasteiger partial charge on any atom is -0.493 e. The van der Waals surface area contributed by atoms with E-state index in [-0.39, 0.29) is 17.9 Å². The van der Waals surface area contributed by atoms with Crippen LogP contribution in [0.15, 0.2) is 47.3 Å². The molecule has 6 nitrogen and oxygen atoms in total. The van der Waals surface area contributed by atoms with Crippen molar-refractivity contribution in [1.82, 2.24) is 4.98 Å². The third-order valence-corrected chi connectivity index (χ3v) is 4.72. The third kappa shape index (κ3) is 4.17. The summed E-state index contributed by atoms with van der Waals surface area (Å²) in [7, 11) is 3.11. The number of benzene rings is 2. The number of hydrogen-bond donors (Lipinski definition) is 2. The Morgan fingerprint density at radius 3 is 2.46 bits per heavy atom. The fraction of sp³-hybridized carbons (Fsp3) is 0.273. The van der Waals surface area contributed by atoms with Gasteiger partial charge in [0.15, 0.2) is 11.5 Å². The summed E-state index contributed by atoms with van der Waals surface area (Å²) in [6.07, 6.45) is 1.41. The molecule has 0 radical (unpaired) electrons. The van der Waals surface area contributed by atoms with Crippen LogP contribution < -0.4 is 20.3 Å². The molecule has 1 aromatic heterocycles. The Labute approximate surface area is 163 Å². The predicted octanol–water partition coefficient (Wildman–Crippen LogP) is 3.68. The van der Waals surface area contributed by atoms with Gasteiger partial charge in [0.1, 0.15) is 0 Å². The van der Waals surface area contributed by atoms with Crippen molar-refractivity contribution in [3.05, 3.63) is 63.9 Å². The minimum atomic E-state index is -0.207. The van der Waals surface area contributed by atoms with Gasteiger partial charge in [-0.05, 0) is 36.6 Å². The Morgan fingerprint density at radius 1 is 1.04 bits per heavy atom. The number of carbonyl (C=O) groups excluding carboxylic acids is 1. The number of nitrogens with one attached hydrogen (secondary N) is 2. The van der Waals surface area contributed by atoms with Gasteiger partial charge >= 0.3 is 0 Å². The van der Waals surface area contributed by atoms with E-state index in [0.29, 0.717) is 29.0 Å². The number of para-hydroxylation sites is 1. The molecule has 0 aliphatic carbocycles. The van der Waals surface area contributed by atoms with Crippen molar-refractivity contribution < 1.29 is 14.3 Å². The number of methoxy groups -OCH3 is 2. The standard InChI is InChI=1S/C22H24N2O4/c1-4-14-7-5-6-8-17(14)23-21(25)10-9-15-11-16-12-19(27-2)20(28-3)13-18(16)24-22(15)26/h5-8,11-13H,4,9-10H2,1-3H3,(H,23,25)(H,24,26). The monoisotopic (exact) mass is 380 g/mol. The fourth-order valence-electron chi connectivity index (χ4n) is 3.18. The van der Waals surface area contributed by atoms with Gasteiger partial charge in [-0.25, -0.2) is 0 Å². The third-order valence-electron chi connectivity index (χ3n) is 4.72. The van der Waals surface area contributed by atoms with Crippen molar-refractivity contribution in [2.45, 2.75) is 26.2 Å². The van der Waals surface area contributed by atoms with E-state index in [2.05, 4.69) is 10.3 Å². The Balaban J connectivity index is 1.77. The van der Waals surface area contributed by atoms with Crippen molar-refractivity contribution in [2.24, 2.45) is 0 Å². The molecule has 28 heavy (non-hydrogen) atoms. The van der Waals surface area contributed by atoms with Crippen LogP contribution in [0.2, 0.25) is 0 Å². The maximum absolute atomic E-state index is 12.4. The van der Waals surface area contributed by atoms with Crippen LogP contribution in [0.4, 0.5) is 5.69 Å². The zero-order valence-electron chi connectivity index (χ0n) is 16.3. The van der Waals surface area contributed by atoms with Gasteiger partial charge in [0, 0.05) is 29.1 Å². The number of hydrogen-bond acceptors (Lipinski definition) is 4. The Hall–Kier alpha value is -3.28. The molecule has 0 saturated heterocycles. The largest absolute Gasteiger partial charge is 0.493 e. The summed E-state index contributed by atoms with van der Waals surface area (Å²) in [4.78, 5) is 27.6. The van der Waals surface area contributed by atoms with Crippen molar-refractivity contribution in [2.75, 3.05) is 19.5 Å². The molecule has 0 spiro atoms. The first-order valence-corrected chi connectivity index (χ1v) is 9.21. The van der Waals surface area contributed by atoms with Crippen LogP contribution in [0.1, 0.15) is 24.5 Å². The number of aromatic nitrogens is 1. The number of aromatic amines is 1. The van der Waals surface area contributed by atoms with Gasteiger partial charge in [-0.2, -0.15) is 0 Å². The quantitative estimate of drug-likeness (QED) is 0.655. The van der Waals surface area contributed by atoms with Crippen LogP contribution in [0.5, 0.6) is 11.5 Å². The molecule has 0 bridgehead atoms. The number of anilines is 1. The van der Waals surface area contributed by atoms with Crippen LogP contribution in [0.3, 0.4) is 0 Å². The van der Waals surface area contributed by atoms with Crippen molar-refractivity contribution in [3.63, 3.8) is 0 Å². The normalized spacial score (nSPS) is 10.7. The minimum absolute atomic E-state index is 0.118. The average molecular weight is 380 g/mol. The van der Waals surface area contributed by atoms with Crippen LogP contribution in [-0.4, -0.2) is 25.1 Å². The van der Waals surface area contributed by atoms with E-state index in [0.717, 1.165) is 23.1 Å². The van der Waals surface area contributed by atoms with Gasteiger partial charge in [0.2, 0.25) is 5.91 Å². The second-order valence-electron chi connectivity index (χ2n) is 6.48. The summed E-state index contributed by atoms with van der Waals surface area (Å²) in [5.41, 5.74) is 2.91. The second-order valence-corrected chi connectivity index (χ2v) is 6.48. The molecular formula is C22H24N2O4.